The molecule has 1 aliphatic heterocycles. The monoisotopic (exact) mass is 1170 g/mol. The molecule has 2 aromatic heterocycles. The largest absolute Gasteiger partial charge is 0.310 e. The van der Waals surface area contributed by atoms with E-state index in [-0.39, 0.29) is 0 Å². The summed E-state index contributed by atoms with van der Waals surface area (Å²) in [6, 6.07) is 128. The van der Waals surface area contributed by atoms with Crippen LogP contribution in [-0.2, 0) is 5.41 Å². The third-order valence-electron chi connectivity index (χ3n) is 19.6. The normalized spacial score (nSPS) is 12.8. The fourth-order valence-corrected chi connectivity index (χ4v) is 15.9. The third-order valence-corrected chi connectivity index (χ3v) is 19.6. The summed E-state index contributed by atoms with van der Waals surface area (Å²) in [6.45, 7) is 0. The zero-order chi connectivity index (χ0) is 60.4. The van der Waals surface area contributed by atoms with E-state index in [1.807, 2.05) is 0 Å². The maximum absolute atomic E-state index is 2.54. The second-order valence-corrected chi connectivity index (χ2v) is 24.3. The highest BCUT2D eigenvalue weighted by Crippen LogP contribution is 2.65. The first kappa shape index (κ1) is 51.8. The van der Waals surface area contributed by atoms with Crippen molar-refractivity contribution in [2.24, 2.45) is 0 Å². The van der Waals surface area contributed by atoms with E-state index in [1.54, 1.807) is 0 Å². The second-order valence-electron chi connectivity index (χ2n) is 24.3. The van der Waals surface area contributed by atoms with Crippen LogP contribution in [0.15, 0.2) is 346 Å². The Kier molecular flexibility index (Phi) is 11.5. The first-order valence-corrected chi connectivity index (χ1v) is 31.8. The summed E-state index contributed by atoms with van der Waals surface area (Å²) in [4.78, 5) is 7.51. The van der Waals surface area contributed by atoms with Crippen molar-refractivity contribution < 1.29 is 0 Å². The van der Waals surface area contributed by atoms with Gasteiger partial charge in [-0.2, -0.15) is 0 Å². The Bertz CT molecular complexity index is 5440. The van der Waals surface area contributed by atoms with Gasteiger partial charge in [-0.15, -0.1) is 0 Å². The molecule has 430 valence electrons. The van der Waals surface area contributed by atoms with E-state index in [1.165, 1.54) is 87.8 Å². The predicted molar refractivity (Wildman–Crippen MR) is 385 cm³/mol. The molecule has 0 amide bonds. The van der Waals surface area contributed by atoms with E-state index in [0.717, 1.165) is 73.3 Å². The van der Waals surface area contributed by atoms with Crippen molar-refractivity contribution in [1.29, 1.82) is 0 Å². The quantitative estimate of drug-likeness (QED) is 0.144. The fourth-order valence-electron chi connectivity index (χ4n) is 15.9. The van der Waals surface area contributed by atoms with E-state index in [4.69, 9.17) is 0 Å². The van der Waals surface area contributed by atoms with Gasteiger partial charge in [0.1, 0.15) is 0 Å². The van der Waals surface area contributed by atoms with Crippen LogP contribution in [0.3, 0.4) is 0 Å². The molecule has 1 aliphatic carbocycles. The molecular weight excluding hydrogens is 1110 g/mol. The number of rotatable bonds is 9. The molecule has 2 aliphatic rings. The highest BCUT2D eigenvalue weighted by molar-refractivity contribution is 6.24. The highest BCUT2D eigenvalue weighted by Gasteiger charge is 2.52. The molecule has 0 unspecified atom stereocenters. The van der Waals surface area contributed by atoms with Crippen LogP contribution < -0.4 is 14.7 Å². The van der Waals surface area contributed by atoms with E-state index >= 15 is 0 Å². The lowest BCUT2D eigenvalue weighted by molar-refractivity contribution is 0.752. The molecule has 3 heterocycles. The summed E-state index contributed by atoms with van der Waals surface area (Å²) < 4.78 is 4.91. The number of aromatic nitrogens is 2. The predicted octanol–water partition coefficient (Wildman–Crippen LogP) is 23.3. The van der Waals surface area contributed by atoms with Gasteiger partial charge in [0.05, 0.1) is 50.2 Å². The van der Waals surface area contributed by atoms with Gasteiger partial charge in [-0.25, -0.2) is 0 Å². The topological polar surface area (TPSA) is 19.6 Å². The van der Waals surface area contributed by atoms with Gasteiger partial charge in [-0.1, -0.05) is 224 Å². The van der Waals surface area contributed by atoms with Crippen LogP contribution in [-0.4, -0.2) is 9.13 Å². The Hall–Kier alpha value is -12.2. The molecule has 0 fully saturated rings. The van der Waals surface area contributed by atoms with Crippen LogP contribution in [0.25, 0.3) is 87.7 Å². The van der Waals surface area contributed by atoms with Crippen molar-refractivity contribution >= 4 is 116 Å². The van der Waals surface area contributed by atoms with Crippen molar-refractivity contribution in [1.82, 2.24) is 9.13 Å². The third kappa shape index (κ3) is 7.48. The zero-order valence-corrected chi connectivity index (χ0v) is 50.1. The van der Waals surface area contributed by atoms with E-state index in [2.05, 4.69) is 370 Å². The van der Waals surface area contributed by atoms with Crippen LogP contribution >= 0.6 is 0 Å². The number of fused-ring (bicyclic) bond motifs is 19. The lowest BCUT2D eigenvalue weighted by atomic mass is 9.64. The molecule has 1 spiro atoms. The molecule has 19 rings (SSSR count). The van der Waals surface area contributed by atoms with Gasteiger partial charge < -0.3 is 23.8 Å². The lowest BCUT2D eigenvalue weighted by Crippen LogP contribution is -2.36. The lowest BCUT2D eigenvalue weighted by Gasteiger charge is -2.45. The summed E-state index contributed by atoms with van der Waals surface area (Å²) in [5.74, 6) is 0. The van der Waals surface area contributed by atoms with Crippen molar-refractivity contribution in [3.63, 3.8) is 0 Å². The van der Waals surface area contributed by atoms with Gasteiger partial charge in [-0.05, 0) is 155 Å². The first-order valence-electron chi connectivity index (χ1n) is 31.8. The smallest absolute Gasteiger partial charge is 0.0755 e. The molecule has 17 aromatic rings. The van der Waals surface area contributed by atoms with E-state index in [9.17, 15) is 0 Å². The summed E-state index contributed by atoms with van der Waals surface area (Å²) in [7, 11) is 0. The Morgan fingerprint density at radius 1 is 0.228 bits per heavy atom. The highest BCUT2D eigenvalue weighted by atomic mass is 15.2. The standard InChI is InChI=1S/C87H57N5/c1-6-28-58(29-7-1)88(83-56-73-69-40-20-24-46-79(69)91(61-34-12-4-13-35-61)85(73)71-42-18-16-38-67(71)83)63-50-52-65-66-53-51-64(55-78(66)87(77(65)54-63)75-44-22-26-48-81(75)90(60-32-10-3-11-33-60)82-49-27-23-45-76(82)87)89(59-30-8-2-9-31-59)84-57-74-70-41-21-25-47-80(70)92(62-36-14-5-15-37-62)86(74)72-43-19-17-39-68(72)84/h1-57H. The van der Waals surface area contributed by atoms with Gasteiger partial charge >= 0.3 is 0 Å². The Labute approximate surface area is 533 Å². The van der Waals surface area contributed by atoms with Crippen LogP contribution in [0.2, 0.25) is 0 Å². The van der Waals surface area contributed by atoms with Crippen molar-refractivity contribution in [3.05, 3.63) is 368 Å². The summed E-state index contributed by atoms with van der Waals surface area (Å²) in [5, 5.41) is 9.51. The Morgan fingerprint density at radius 2 is 0.565 bits per heavy atom. The minimum absolute atomic E-state index is 0.815. The number of anilines is 9. The average molecular weight is 1170 g/mol. The van der Waals surface area contributed by atoms with Gasteiger partial charge in [0.2, 0.25) is 0 Å². The fraction of sp³-hybridized carbons (Fsp3) is 0.0115. The van der Waals surface area contributed by atoms with Crippen molar-refractivity contribution in [2.45, 2.75) is 5.41 Å². The summed E-state index contributed by atoms with van der Waals surface area (Å²) in [5.41, 5.74) is 23.4. The number of para-hydroxylation sites is 9. The number of hydrogen-bond acceptors (Lipinski definition) is 3. The van der Waals surface area contributed by atoms with Crippen LogP contribution in [0.4, 0.5) is 51.2 Å². The Morgan fingerprint density at radius 3 is 0.989 bits per heavy atom. The van der Waals surface area contributed by atoms with Crippen LogP contribution in [0.5, 0.6) is 0 Å². The first-order chi connectivity index (χ1) is 45.7. The second kappa shape index (κ2) is 20.4. The molecule has 0 atom stereocenters. The van der Waals surface area contributed by atoms with Gasteiger partial charge in [0.25, 0.3) is 0 Å². The van der Waals surface area contributed by atoms with Crippen LogP contribution in [0, 0.1) is 0 Å². The van der Waals surface area contributed by atoms with Crippen molar-refractivity contribution in [3.8, 4) is 22.5 Å². The van der Waals surface area contributed by atoms with Gasteiger partial charge in [0, 0.05) is 82.9 Å². The molecule has 0 radical (unpaired) electrons. The SMILES string of the molecule is c1ccc(N2c3ccccc3C3(c4cc(N(c5ccccc5)c5cc6c7ccccc7n(-c7ccccc7)c6c6ccccc56)ccc4-c4ccc(N(c5ccccc5)c5cc6c7ccccc7n(-c7ccccc7)c6c6ccccc56)cc43)c3ccccc32)cc1. The minimum atomic E-state index is -0.815. The maximum atomic E-state index is 2.54. The Balaban J connectivity index is 0.892. The van der Waals surface area contributed by atoms with Crippen LogP contribution in [0.1, 0.15) is 22.3 Å². The number of benzene rings is 15. The molecule has 5 heteroatoms. The molecule has 0 bridgehead atoms. The van der Waals surface area contributed by atoms with E-state index in [0.29, 0.717) is 0 Å². The van der Waals surface area contributed by atoms with E-state index < -0.39 is 5.41 Å². The minimum Gasteiger partial charge on any atom is -0.310 e. The van der Waals surface area contributed by atoms with Gasteiger partial charge in [0.15, 0.2) is 0 Å². The summed E-state index contributed by atoms with van der Waals surface area (Å²) >= 11 is 0. The molecule has 0 saturated heterocycles. The molecule has 15 aromatic carbocycles. The average Bonchev–Trinajstić information content (AvgIpc) is 1.45. The number of nitrogens with zero attached hydrogens (tertiary/aromatic N) is 5. The number of hydrogen-bond donors (Lipinski definition) is 0. The van der Waals surface area contributed by atoms with Gasteiger partial charge in [-0.3, -0.25) is 0 Å². The van der Waals surface area contributed by atoms with Crippen molar-refractivity contribution in [2.75, 3.05) is 14.7 Å². The molecule has 5 nitrogen and oxygen atoms in total. The molecule has 92 heavy (non-hydrogen) atoms. The molecule has 0 saturated carbocycles. The molecular formula is C87H57N5. The maximum Gasteiger partial charge on any atom is 0.0755 e. The zero-order valence-electron chi connectivity index (χ0n) is 50.1. The summed E-state index contributed by atoms with van der Waals surface area (Å²) in [6.07, 6.45) is 0. The molecule has 0 N–H and O–H groups in total.